The maximum absolute atomic E-state index is 13.3. The van der Waals surface area contributed by atoms with Crippen LogP contribution in [0.5, 0.6) is 0 Å². The number of Topliss-reactive ketones (excluding diaryl/α,β-unsaturated/α-hetero) is 1. The van der Waals surface area contributed by atoms with Crippen LogP contribution in [0.25, 0.3) is 0 Å². The highest BCUT2D eigenvalue weighted by atomic mass is 19.1. The second kappa shape index (κ2) is 5.44. The molecule has 2 nitrogen and oxygen atoms in total. The lowest BCUT2D eigenvalue weighted by atomic mass is 9.71. The number of anilines is 1. The van der Waals surface area contributed by atoms with Crippen LogP contribution in [0.4, 0.5) is 14.5 Å². The van der Waals surface area contributed by atoms with Crippen molar-refractivity contribution in [2.24, 2.45) is 5.92 Å². The van der Waals surface area contributed by atoms with E-state index in [2.05, 4.69) is 4.90 Å². The number of rotatable bonds is 2. The second-order valence-electron chi connectivity index (χ2n) is 6.39. The van der Waals surface area contributed by atoms with Gasteiger partial charge in [0.05, 0.1) is 6.04 Å². The summed E-state index contributed by atoms with van der Waals surface area (Å²) in [4.78, 5) is 14.6. The highest BCUT2D eigenvalue weighted by molar-refractivity contribution is 5.86. The van der Waals surface area contributed by atoms with Crippen molar-refractivity contribution in [3.8, 4) is 0 Å². The van der Waals surface area contributed by atoms with Crippen LogP contribution >= 0.6 is 0 Å². The van der Waals surface area contributed by atoms with E-state index in [4.69, 9.17) is 0 Å². The Hall–Kier alpha value is -2.23. The molecule has 2 aromatic rings. The summed E-state index contributed by atoms with van der Waals surface area (Å²) in [5.41, 5.74) is 1.86. The van der Waals surface area contributed by atoms with E-state index in [1.165, 1.54) is 24.3 Å². The number of halogens is 2. The minimum Gasteiger partial charge on any atom is -0.360 e. The normalized spacial score (nSPS) is 26.6. The molecule has 5 rings (SSSR count). The predicted molar refractivity (Wildman–Crippen MR) is 84.2 cm³/mol. The number of piperidine rings is 2. The summed E-state index contributed by atoms with van der Waals surface area (Å²) >= 11 is 0. The first kappa shape index (κ1) is 14.4. The van der Waals surface area contributed by atoms with E-state index < -0.39 is 0 Å². The summed E-state index contributed by atoms with van der Waals surface area (Å²) in [6, 6.07) is 12.8. The molecule has 3 unspecified atom stereocenters. The SMILES string of the molecule is O=C1CC2CCC1C(c1ccc(F)cc1)N2c1ccc(F)cc1. The summed E-state index contributed by atoms with van der Waals surface area (Å²) in [6.45, 7) is 0. The molecule has 2 aromatic carbocycles. The van der Waals surface area contributed by atoms with Gasteiger partial charge in [-0.05, 0) is 54.8 Å². The third-order valence-corrected chi connectivity index (χ3v) is 5.07. The van der Waals surface area contributed by atoms with E-state index >= 15 is 0 Å². The number of ketones is 1. The number of nitrogens with zero attached hydrogens (tertiary/aromatic N) is 1. The van der Waals surface area contributed by atoms with Crippen LogP contribution in [0.1, 0.15) is 30.9 Å². The standard InChI is InChI=1S/C19H17F2NO/c20-13-3-1-12(2-4-13)19-17-10-9-16(11-18(17)23)22(19)15-7-5-14(21)6-8-15/h1-8,16-17,19H,9-11H2. The fourth-order valence-corrected chi connectivity index (χ4v) is 4.05. The van der Waals surface area contributed by atoms with Crippen molar-refractivity contribution in [1.82, 2.24) is 0 Å². The smallest absolute Gasteiger partial charge is 0.140 e. The lowest BCUT2D eigenvalue weighted by Crippen LogP contribution is -2.54. The van der Waals surface area contributed by atoms with Crippen molar-refractivity contribution >= 4 is 11.5 Å². The van der Waals surface area contributed by atoms with E-state index in [1.54, 1.807) is 24.3 Å². The molecule has 3 aliphatic rings. The molecule has 0 N–H and O–H groups in total. The molecule has 2 bridgehead atoms. The maximum Gasteiger partial charge on any atom is 0.140 e. The van der Waals surface area contributed by atoms with Gasteiger partial charge in [-0.1, -0.05) is 12.1 Å². The average Bonchev–Trinajstić information content (AvgIpc) is 2.56. The van der Waals surface area contributed by atoms with E-state index in [0.29, 0.717) is 6.42 Å². The van der Waals surface area contributed by atoms with Gasteiger partial charge in [-0.3, -0.25) is 4.79 Å². The summed E-state index contributed by atoms with van der Waals surface area (Å²) in [5.74, 6) is -0.343. The quantitative estimate of drug-likeness (QED) is 0.825. The Labute approximate surface area is 133 Å². The largest absolute Gasteiger partial charge is 0.360 e. The van der Waals surface area contributed by atoms with Gasteiger partial charge >= 0.3 is 0 Å². The Bertz CT molecular complexity index is 726. The molecule has 3 fully saturated rings. The van der Waals surface area contributed by atoms with E-state index in [9.17, 15) is 13.6 Å². The monoisotopic (exact) mass is 313 g/mol. The van der Waals surface area contributed by atoms with Crippen molar-refractivity contribution < 1.29 is 13.6 Å². The number of benzene rings is 2. The molecule has 3 atom stereocenters. The topological polar surface area (TPSA) is 20.3 Å². The van der Waals surface area contributed by atoms with Crippen LogP contribution in [-0.4, -0.2) is 11.8 Å². The molecule has 0 radical (unpaired) electrons. The Morgan fingerprint density at radius 1 is 0.870 bits per heavy atom. The fraction of sp³-hybridized carbons (Fsp3) is 0.316. The first-order valence-corrected chi connectivity index (χ1v) is 7.95. The van der Waals surface area contributed by atoms with Crippen molar-refractivity contribution in [2.75, 3.05) is 4.90 Å². The van der Waals surface area contributed by atoms with E-state index in [-0.39, 0.29) is 35.4 Å². The average molecular weight is 313 g/mol. The van der Waals surface area contributed by atoms with Gasteiger partial charge in [0.25, 0.3) is 0 Å². The molecule has 2 heterocycles. The van der Waals surface area contributed by atoms with Gasteiger partial charge in [0.2, 0.25) is 0 Å². The van der Waals surface area contributed by atoms with Crippen LogP contribution in [0.2, 0.25) is 0 Å². The van der Waals surface area contributed by atoms with Crippen molar-refractivity contribution in [3.63, 3.8) is 0 Å². The van der Waals surface area contributed by atoms with Crippen LogP contribution in [0.3, 0.4) is 0 Å². The number of hydrogen-bond donors (Lipinski definition) is 0. The first-order chi connectivity index (χ1) is 11.1. The number of fused-ring (bicyclic) bond motifs is 3. The molecule has 2 saturated heterocycles. The Morgan fingerprint density at radius 2 is 1.48 bits per heavy atom. The van der Waals surface area contributed by atoms with Gasteiger partial charge in [-0.15, -0.1) is 0 Å². The summed E-state index contributed by atoms with van der Waals surface area (Å²) in [6.07, 6.45) is 2.37. The van der Waals surface area contributed by atoms with Crippen molar-refractivity contribution in [3.05, 3.63) is 65.7 Å². The van der Waals surface area contributed by atoms with Gasteiger partial charge in [0.1, 0.15) is 17.4 Å². The van der Waals surface area contributed by atoms with Crippen LogP contribution in [-0.2, 0) is 4.79 Å². The molecule has 1 aliphatic carbocycles. The molecular weight excluding hydrogens is 296 g/mol. The number of hydrogen-bond acceptors (Lipinski definition) is 2. The number of carbonyl (C=O) groups excluding carboxylic acids is 1. The zero-order chi connectivity index (χ0) is 16.0. The molecule has 4 heteroatoms. The van der Waals surface area contributed by atoms with Gasteiger partial charge in [0.15, 0.2) is 0 Å². The minimum absolute atomic E-state index is 0.0736. The molecular formula is C19H17F2NO. The minimum atomic E-state index is -0.283. The molecule has 118 valence electrons. The van der Waals surface area contributed by atoms with Gasteiger partial charge < -0.3 is 4.90 Å². The van der Waals surface area contributed by atoms with Crippen LogP contribution < -0.4 is 4.90 Å². The molecule has 1 saturated carbocycles. The van der Waals surface area contributed by atoms with Crippen molar-refractivity contribution in [1.29, 1.82) is 0 Å². The zero-order valence-corrected chi connectivity index (χ0v) is 12.6. The lowest BCUT2D eigenvalue weighted by molar-refractivity contribution is -0.128. The van der Waals surface area contributed by atoms with Gasteiger partial charge in [-0.2, -0.15) is 0 Å². The molecule has 0 spiro atoms. The first-order valence-electron chi connectivity index (χ1n) is 7.95. The molecule has 0 aromatic heterocycles. The second-order valence-corrected chi connectivity index (χ2v) is 6.39. The summed E-state index contributed by atoms with van der Waals surface area (Å²) in [5, 5.41) is 0. The Morgan fingerprint density at radius 3 is 2.09 bits per heavy atom. The fourth-order valence-electron chi connectivity index (χ4n) is 4.05. The van der Waals surface area contributed by atoms with Crippen molar-refractivity contribution in [2.45, 2.75) is 31.3 Å². The highest BCUT2D eigenvalue weighted by Crippen LogP contribution is 2.47. The summed E-state index contributed by atoms with van der Waals surface area (Å²) in [7, 11) is 0. The maximum atomic E-state index is 13.3. The Balaban J connectivity index is 1.79. The lowest BCUT2D eigenvalue weighted by Gasteiger charge is -2.52. The van der Waals surface area contributed by atoms with E-state index in [1.807, 2.05) is 0 Å². The van der Waals surface area contributed by atoms with E-state index in [0.717, 1.165) is 24.1 Å². The Kier molecular flexibility index (Phi) is 3.40. The molecule has 0 amide bonds. The number of carbonyl (C=O) groups is 1. The zero-order valence-electron chi connectivity index (χ0n) is 12.6. The molecule has 2 aliphatic heterocycles. The molecule has 23 heavy (non-hydrogen) atoms. The van der Waals surface area contributed by atoms with Crippen LogP contribution in [0, 0.1) is 17.6 Å². The van der Waals surface area contributed by atoms with Gasteiger partial charge in [-0.25, -0.2) is 8.78 Å². The highest BCUT2D eigenvalue weighted by Gasteiger charge is 2.47. The van der Waals surface area contributed by atoms with Gasteiger partial charge in [0, 0.05) is 24.1 Å². The predicted octanol–water partition coefficient (Wildman–Crippen LogP) is 4.26. The third-order valence-electron chi connectivity index (χ3n) is 5.07. The third kappa shape index (κ3) is 2.42. The summed E-state index contributed by atoms with van der Waals surface area (Å²) < 4.78 is 26.5. The van der Waals surface area contributed by atoms with Crippen LogP contribution in [0.15, 0.2) is 48.5 Å².